The number of fused-ring (bicyclic) bond motifs is 1. The number of carbonyl (C=O) groups excluding carboxylic acids is 1. The van der Waals surface area contributed by atoms with E-state index in [1.165, 1.54) is 18.4 Å². The summed E-state index contributed by atoms with van der Waals surface area (Å²) in [6, 6.07) is 8.36. The summed E-state index contributed by atoms with van der Waals surface area (Å²) in [5, 5.41) is 0. The summed E-state index contributed by atoms with van der Waals surface area (Å²) in [5.74, 6) is 1.24. The van der Waals surface area contributed by atoms with E-state index in [1.54, 1.807) is 0 Å². The third-order valence-electron chi connectivity index (χ3n) is 5.86. The Balaban J connectivity index is 1.30. The summed E-state index contributed by atoms with van der Waals surface area (Å²) in [4.78, 5) is 17.5. The topological polar surface area (TPSA) is 32.8 Å². The zero-order valence-electron chi connectivity index (χ0n) is 14.5. The molecule has 1 amide bonds. The first-order valence-electron chi connectivity index (χ1n) is 9.50. The largest absolute Gasteiger partial charge is 0.381 e. The Morgan fingerprint density at radius 3 is 2.75 bits per heavy atom. The molecule has 0 saturated carbocycles. The fourth-order valence-corrected chi connectivity index (χ4v) is 4.47. The summed E-state index contributed by atoms with van der Waals surface area (Å²) in [6.07, 6.45) is 5.51. The van der Waals surface area contributed by atoms with Gasteiger partial charge >= 0.3 is 0 Å². The van der Waals surface area contributed by atoms with Gasteiger partial charge in [0.1, 0.15) is 0 Å². The van der Waals surface area contributed by atoms with Gasteiger partial charge in [0.15, 0.2) is 0 Å². The second-order valence-electron chi connectivity index (χ2n) is 7.53. The Bertz CT molecular complexity index is 575. The zero-order valence-corrected chi connectivity index (χ0v) is 14.5. The van der Waals surface area contributed by atoms with Crippen LogP contribution in [0.4, 0.5) is 5.69 Å². The normalized spacial score (nSPS) is 25.7. The molecular formula is C20H28N2O2. The fraction of sp³-hybridized carbons (Fsp3) is 0.650. The quantitative estimate of drug-likeness (QED) is 0.855. The van der Waals surface area contributed by atoms with E-state index in [0.29, 0.717) is 11.8 Å². The van der Waals surface area contributed by atoms with Crippen molar-refractivity contribution < 1.29 is 9.53 Å². The van der Waals surface area contributed by atoms with Crippen LogP contribution in [0.5, 0.6) is 0 Å². The molecule has 1 aromatic carbocycles. The number of hydrogen-bond donors (Lipinski definition) is 0. The Hall–Kier alpha value is -1.39. The molecule has 0 aromatic heterocycles. The molecular weight excluding hydrogens is 300 g/mol. The molecule has 4 nitrogen and oxygen atoms in total. The second-order valence-corrected chi connectivity index (χ2v) is 7.53. The fourth-order valence-electron chi connectivity index (χ4n) is 4.47. The van der Waals surface area contributed by atoms with Gasteiger partial charge < -0.3 is 14.5 Å². The summed E-state index contributed by atoms with van der Waals surface area (Å²) >= 11 is 0. The van der Waals surface area contributed by atoms with Crippen LogP contribution in [0.15, 0.2) is 24.3 Å². The number of carbonyl (C=O) groups is 1. The zero-order chi connectivity index (χ0) is 16.4. The molecule has 1 unspecified atom stereocenters. The Kier molecular flexibility index (Phi) is 4.86. The van der Waals surface area contributed by atoms with Crippen LogP contribution < -0.4 is 4.90 Å². The number of benzene rings is 1. The molecule has 3 heterocycles. The maximum absolute atomic E-state index is 12.9. The molecule has 3 aliphatic rings. The molecule has 1 aromatic rings. The monoisotopic (exact) mass is 328 g/mol. The lowest BCUT2D eigenvalue weighted by Gasteiger charge is -2.36. The van der Waals surface area contributed by atoms with Gasteiger partial charge in [0.05, 0.1) is 6.61 Å². The maximum atomic E-state index is 12.9. The van der Waals surface area contributed by atoms with Crippen molar-refractivity contribution in [2.45, 2.75) is 32.1 Å². The number of hydrogen-bond acceptors (Lipinski definition) is 3. The lowest BCUT2D eigenvalue weighted by atomic mass is 9.93. The first kappa shape index (κ1) is 16.1. The SMILES string of the molecule is O=C(C1CCN(CC2CCCOC2)CC1)N1CCc2ccccc21. The van der Waals surface area contributed by atoms with Crippen molar-refractivity contribution >= 4 is 11.6 Å². The number of nitrogens with zero attached hydrogens (tertiary/aromatic N) is 2. The number of para-hydroxylation sites is 1. The molecule has 1 atom stereocenters. The van der Waals surface area contributed by atoms with E-state index in [1.807, 2.05) is 11.0 Å². The van der Waals surface area contributed by atoms with Crippen LogP contribution in [0.25, 0.3) is 0 Å². The molecule has 0 N–H and O–H groups in total. The Morgan fingerprint density at radius 2 is 1.96 bits per heavy atom. The summed E-state index contributed by atoms with van der Waals surface area (Å²) in [6.45, 7) is 5.98. The molecule has 2 fully saturated rings. The number of rotatable bonds is 3. The number of amides is 1. The second kappa shape index (κ2) is 7.24. The summed E-state index contributed by atoms with van der Waals surface area (Å²) < 4.78 is 5.60. The average Bonchev–Trinajstić information content (AvgIpc) is 3.07. The molecule has 0 spiro atoms. The highest BCUT2D eigenvalue weighted by Gasteiger charge is 2.32. The lowest BCUT2D eigenvalue weighted by Crippen LogP contribution is -2.44. The van der Waals surface area contributed by atoms with Gasteiger partial charge in [-0.15, -0.1) is 0 Å². The number of ether oxygens (including phenoxy) is 1. The highest BCUT2D eigenvalue weighted by Crippen LogP contribution is 2.31. The lowest BCUT2D eigenvalue weighted by molar-refractivity contribution is -0.123. The van der Waals surface area contributed by atoms with Gasteiger partial charge in [-0.05, 0) is 62.7 Å². The van der Waals surface area contributed by atoms with Crippen molar-refractivity contribution in [3.05, 3.63) is 29.8 Å². The van der Waals surface area contributed by atoms with Gasteiger partial charge in [0, 0.05) is 31.3 Å². The minimum atomic E-state index is 0.204. The van der Waals surface area contributed by atoms with Gasteiger partial charge in [-0.3, -0.25) is 4.79 Å². The van der Waals surface area contributed by atoms with E-state index < -0.39 is 0 Å². The van der Waals surface area contributed by atoms with Gasteiger partial charge in [0.25, 0.3) is 0 Å². The van der Waals surface area contributed by atoms with Gasteiger partial charge in [0.2, 0.25) is 5.91 Å². The minimum absolute atomic E-state index is 0.204. The van der Waals surface area contributed by atoms with Crippen LogP contribution in [0.3, 0.4) is 0 Å². The first-order valence-corrected chi connectivity index (χ1v) is 9.50. The van der Waals surface area contributed by atoms with Crippen molar-refractivity contribution in [1.82, 2.24) is 4.90 Å². The van der Waals surface area contributed by atoms with E-state index in [2.05, 4.69) is 23.1 Å². The molecule has 4 heteroatoms. The Morgan fingerprint density at radius 1 is 1.12 bits per heavy atom. The van der Waals surface area contributed by atoms with Crippen LogP contribution >= 0.6 is 0 Å². The van der Waals surface area contributed by atoms with E-state index >= 15 is 0 Å². The Labute approximate surface area is 144 Å². The van der Waals surface area contributed by atoms with Gasteiger partial charge in [-0.25, -0.2) is 0 Å². The highest BCUT2D eigenvalue weighted by atomic mass is 16.5. The van der Waals surface area contributed by atoms with Crippen LogP contribution in [-0.4, -0.2) is 50.2 Å². The standard InChI is InChI=1S/C20H28N2O2/c23-20(22-12-9-17-5-1-2-6-19(17)22)18-7-10-21(11-8-18)14-16-4-3-13-24-15-16/h1-2,5-6,16,18H,3-4,7-15H2. The van der Waals surface area contributed by atoms with Crippen molar-refractivity contribution in [3.8, 4) is 0 Å². The molecule has 4 rings (SSSR count). The smallest absolute Gasteiger partial charge is 0.230 e. The molecule has 2 saturated heterocycles. The number of piperidine rings is 1. The third-order valence-corrected chi connectivity index (χ3v) is 5.86. The van der Waals surface area contributed by atoms with Crippen LogP contribution in [0, 0.1) is 11.8 Å². The predicted octanol–water partition coefficient (Wildman–Crippen LogP) is 2.71. The number of anilines is 1. The summed E-state index contributed by atoms with van der Waals surface area (Å²) in [5.41, 5.74) is 2.46. The highest BCUT2D eigenvalue weighted by molar-refractivity contribution is 5.97. The maximum Gasteiger partial charge on any atom is 0.230 e. The molecule has 24 heavy (non-hydrogen) atoms. The summed E-state index contributed by atoms with van der Waals surface area (Å²) in [7, 11) is 0. The van der Waals surface area contributed by atoms with E-state index in [9.17, 15) is 4.79 Å². The van der Waals surface area contributed by atoms with Crippen molar-refractivity contribution in [2.75, 3.05) is 44.3 Å². The van der Waals surface area contributed by atoms with Crippen LogP contribution in [0.1, 0.15) is 31.2 Å². The van der Waals surface area contributed by atoms with Crippen molar-refractivity contribution in [1.29, 1.82) is 0 Å². The first-order chi connectivity index (χ1) is 11.8. The molecule has 3 aliphatic heterocycles. The van der Waals surface area contributed by atoms with Crippen LogP contribution in [-0.2, 0) is 16.0 Å². The van der Waals surface area contributed by atoms with Crippen LogP contribution in [0.2, 0.25) is 0 Å². The predicted molar refractivity (Wildman–Crippen MR) is 95.2 cm³/mol. The molecule has 0 aliphatic carbocycles. The van der Waals surface area contributed by atoms with E-state index in [-0.39, 0.29) is 5.92 Å². The van der Waals surface area contributed by atoms with E-state index in [0.717, 1.165) is 64.3 Å². The van der Waals surface area contributed by atoms with Crippen molar-refractivity contribution in [3.63, 3.8) is 0 Å². The molecule has 0 bridgehead atoms. The molecule has 0 radical (unpaired) electrons. The van der Waals surface area contributed by atoms with Gasteiger partial charge in [-0.2, -0.15) is 0 Å². The van der Waals surface area contributed by atoms with Gasteiger partial charge in [-0.1, -0.05) is 18.2 Å². The van der Waals surface area contributed by atoms with E-state index in [4.69, 9.17) is 4.74 Å². The number of likely N-dealkylation sites (tertiary alicyclic amines) is 1. The average molecular weight is 328 g/mol. The molecule has 130 valence electrons. The third kappa shape index (κ3) is 3.35. The minimum Gasteiger partial charge on any atom is -0.381 e. The van der Waals surface area contributed by atoms with Crippen molar-refractivity contribution in [2.24, 2.45) is 11.8 Å².